The first-order valence-electron chi connectivity index (χ1n) is 6.53. The second-order valence-electron chi connectivity index (χ2n) is 4.72. The van der Waals surface area contributed by atoms with Crippen molar-refractivity contribution >= 4 is 29.1 Å². The lowest BCUT2D eigenvalue weighted by Gasteiger charge is -2.28. The molecule has 0 saturated carbocycles. The van der Waals surface area contributed by atoms with E-state index in [2.05, 4.69) is 10.2 Å². The Kier molecular flexibility index (Phi) is 5.49. The van der Waals surface area contributed by atoms with Gasteiger partial charge < -0.3 is 5.32 Å². The third-order valence-electron chi connectivity index (χ3n) is 3.46. The van der Waals surface area contributed by atoms with Crippen LogP contribution >= 0.6 is 23.2 Å². The van der Waals surface area contributed by atoms with Gasteiger partial charge in [0.15, 0.2) is 0 Å². The molecule has 19 heavy (non-hydrogen) atoms. The maximum atomic E-state index is 11.4. The molecule has 1 heterocycles. The molecule has 1 aromatic rings. The smallest absolute Gasteiger partial charge is 0.234 e. The van der Waals surface area contributed by atoms with E-state index in [0.717, 1.165) is 23.7 Å². The van der Waals surface area contributed by atoms with E-state index in [4.69, 9.17) is 23.2 Å². The molecular formula is C14H18Cl2N2O. The third-order valence-corrected chi connectivity index (χ3v) is 4.05. The molecule has 1 fully saturated rings. The van der Waals surface area contributed by atoms with Crippen molar-refractivity contribution in [3.8, 4) is 0 Å². The maximum Gasteiger partial charge on any atom is 0.234 e. The van der Waals surface area contributed by atoms with Crippen LogP contribution in [0.2, 0.25) is 5.02 Å². The number of nitrogens with one attached hydrogen (secondary N) is 1. The number of benzene rings is 1. The van der Waals surface area contributed by atoms with Crippen molar-refractivity contribution in [3.63, 3.8) is 0 Å². The van der Waals surface area contributed by atoms with E-state index >= 15 is 0 Å². The van der Waals surface area contributed by atoms with Gasteiger partial charge in [0.25, 0.3) is 0 Å². The molecule has 104 valence electrons. The quantitative estimate of drug-likeness (QED) is 0.848. The van der Waals surface area contributed by atoms with Crippen LogP contribution in [0.5, 0.6) is 0 Å². The van der Waals surface area contributed by atoms with Crippen molar-refractivity contribution in [2.24, 2.45) is 0 Å². The summed E-state index contributed by atoms with van der Waals surface area (Å²) in [5.74, 6) is -0.146. The van der Waals surface area contributed by atoms with Gasteiger partial charge in [0.05, 0.1) is 6.04 Å². The number of carbonyl (C=O) groups excluding carboxylic acids is 1. The number of alkyl halides is 1. The van der Waals surface area contributed by atoms with E-state index in [0.29, 0.717) is 6.54 Å². The highest BCUT2D eigenvalue weighted by molar-refractivity contribution is 6.31. The number of likely N-dealkylation sites (tertiary alicyclic amines) is 1. The van der Waals surface area contributed by atoms with Crippen LogP contribution in [0, 0.1) is 0 Å². The Bertz CT molecular complexity index is 433. The highest BCUT2D eigenvalue weighted by atomic mass is 35.5. The Labute approximate surface area is 123 Å². The SMILES string of the molecule is O=C(CCl)NCC(c1ccccc1Cl)N1CCCC1. The third kappa shape index (κ3) is 3.85. The number of amides is 1. The van der Waals surface area contributed by atoms with Crippen molar-refractivity contribution in [2.75, 3.05) is 25.5 Å². The Morgan fingerprint density at radius 2 is 2.00 bits per heavy atom. The van der Waals surface area contributed by atoms with Gasteiger partial charge in [-0.2, -0.15) is 0 Å². The molecule has 0 bridgehead atoms. The highest BCUT2D eigenvalue weighted by Gasteiger charge is 2.25. The second-order valence-corrected chi connectivity index (χ2v) is 5.39. The molecule has 1 aliphatic heterocycles. The van der Waals surface area contributed by atoms with E-state index in [1.54, 1.807) is 0 Å². The Morgan fingerprint density at radius 3 is 2.63 bits per heavy atom. The number of hydrogen-bond acceptors (Lipinski definition) is 2. The molecule has 1 aliphatic rings. The maximum absolute atomic E-state index is 11.4. The van der Waals surface area contributed by atoms with E-state index < -0.39 is 0 Å². The molecule has 0 spiro atoms. The van der Waals surface area contributed by atoms with Crippen molar-refractivity contribution in [2.45, 2.75) is 18.9 Å². The summed E-state index contributed by atoms with van der Waals surface area (Å²) in [5.41, 5.74) is 1.07. The van der Waals surface area contributed by atoms with Crippen molar-refractivity contribution < 1.29 is 4.79 Å². The lowest BCUT2D eigenvalue weighted by atomic mass is 10.1. The summed E-state index contributed by atoms with van der Waals surface area (Å²) in [6.45, 7) is 2.65. The van der Waals surface area contributed by atoms with Crippen LogP contribution in [0.15, 0.2) is 24.3 Å². The van der Waals surface area contributed by atoms with E-state index in [-0.39, 0.29) is 17.8 Å². The van der Waals surface area contributed by atoms with Crippen molar-refractivity contribution in [3.05, 3.63) is 34.9 Å². The van der Waals surface area contributed by atoms with Gasteiger partial charge in [-0.25, -0.2) is 0 Å². The summed E-state index contributed by atoms with van der Waals surface area (Å²) in [6.07, 6.45) is 2.40. The number of carbonyl (C=O) groups is 1. The minimum atomic E-state index is -0.141. The van der Waals surface area contributed by atoms with Crippen molar-refractivity contribution in [1.82, 2.24) is 10.2 Å². The molecule has 1 N–H and O–H groups in total. The first-order chi connectivity index (χ1) is 9.22. The summed E-state index contributed by atoms with van der Waals surface area (Å²) >= 11 is 11.8. The zero-order chi connectivity index (χ0) is 13.7. The van der Waals surface area contributed by atoms with Gasteiger partial charge >= 0.3 is 0 Å². The summed E-state index contributed by atoms with van der Waals surface area (Å²) in [7, 11) is 0. The van der Waals surface area contributed by atoms with Crippen LogP contribution in [0.25, 0.3) is 0 Å². The molecule has 1 unspecified atom stereocenters. The zero-order valence-electron chi connectivity index (χ0n) is 10.7. The first-order valence-corrected chi connectivity index (χ1v) is 7.44. The Balaban J connectivity index is 2.14. The number of rotatable bonds is 5. The lowest BCUT2D eigenvalue weighted by Crippen LogP contribution is -2.37. The summed E-state index contributed by atoms with van der Waals surface area (Å²) < 4.78 is 0. The van der Waals surface area contributed by atoms with Gasteiger partial charge in [0.1, 0.15) is 5.88 Å². The zero-order valence-corrected chi connectivity index (χ0v) is 12.3. The molecule has 0 aliphatic carbocycles. The van der Waals surface area contributed by atoms with Gasteiger partial charge in [0.2, 0.25) is 5.91 Å². The first kappa shape index (κ1) is 14.6. The molecule has 0 radical (unpaired) electrons. The predicted molar refractivity (Wildman–Crippen MR) is 78.7 cm³/mol. The summed E-state index contributed by atoms with van der Waals surface area (Å²) in [6, 6.07) is 7.95. The van der Waals surface area contributed by atoms with Gasteiger partial charge in [-0.05, 0) is 37.6 Å². The summed E-state index contributed by atoms with van der Waals surface area (Å²) in [4.78, 5) is 13.7. The summed E-state index contributed by atoms with van der Waals surface area (Å²) in [5, 5.41) is 3.61. The van der Waals surface area contributed by atoms with Gasteiger partial charge in [0, 0.05) is 11.6 Å². The predicted octanol–water partition coefficient (Wildman–Crippen LogP) is 2.83. The van der Waals surface area contributed by atoms with Crippen LogP contribution in [-0.4, -0.2) is 36.3 Å². The number of halogens is 2. The number of hydrogen-bond donors (Lipinski definition) is 1. The van der Waals surface area contributed by atoms with Gasteiger partial charge in [-0.15, -0.1) is 11.6 Å². The Hall–Kier alpha value is -0.770. The van der Waals surface area contributed by atoms with Crippen molar-refractivity contribution in [1.29, 1.82) is 0 Å². The molecule has 5 heteroatoms. The monoisotopic (exact) mass is 300 g/mol. The van der Waals surface area contributed by atoms with E-state index in [1.165, 1.54) is 12.8 Å². The molecule has 1 amide bonds. The topological polar surface area (TPSA) is 32.3 Å². The normalized spacial score (nSPS) is 17.4. The average molecular weight is 301 g/mol. The second kappa shape index (κ2) is 7.13. The fraction of sp³-hybridized carbons (Fsp3) is 0.500. The fourth-order valence-electron chi connectivity index (χ4n) is 2.49. The molecule has 1 saturated heterocycles. The van der Waals surface area contributed by atoms with Gasteiger partial charge in [-0.1, -0.05) is 29.8 Å². The largest absolute Gasteiger partial charge is 0.353 e. The standard InChI is InChI=1S/C14H18Cl2N2O/c15-9-14(19)17-10-13(18-7-3-4-8-18)11-5-1-2-6-12(11)16/h1-2,5-6,13H,3-4,7-10H2,(H,17,19). The number of nitrogens with zero attached hydrogens (tertiary/aromatic N) is 1. The minimum absolute atomic E-state index is 0.00472. The molecule has 3 nitrogen and oxygen atoms in total. The average Bonchev–Trinajstić information content (AvgIpc) is 2.94. The van der Waals surface area contributed by atoms with Crippen LogP contribution < -0.4 is 5.32 Å². The molecule has 1 aromatic carbocycles. The highest BCUT2D eigenvalue weighted by Crippen LogP contribution is 2.29. The Morgan fingerprint density at radius 1 is 1.32 bits per heavy atom. The van der Waals surface area contributed by atoms with Gasteiger partial charge in [-0.3, -0.25) is 9.69 Å². The minimum Gasteiger partial charge on any atom is -0.353 e. The molecule has 0 aromatic heterocycles. The van der Waals surface area contributed by atoms with Crippen LogP contribution in [0.4, 0.5) is 0 Å². The van der Waals surface area contributed by atoms with E-state index in [9.17, 15) is 4.79 Å². The molecule has 2 rings (SSSR count). The molecule has 1 atom stereocenters. The van der Waals surface area contributed by atoms with Crippen LogP contribution in [0.1, 0.15) is 24.4 Å². The van der Waals surface area contributed by atoms with Crippen LogP contribution in [0.3, 0.4) is 0 Å². The lowest BCUT2D eigenvalue weighted by molar-refractivity contribution is -0.118. The fourth-order valence-corrected chi connectivity index (χ4v) is 2.85. The molecular weight excluding hydrogens is 283 g/mol. The van der Waals surface area contributed by atoms with Crippen LogP contribution in [-0.2, 0) is 4.79 Å². The van der Waals surface area contributed by atoms with E-state index in [1.807, 2.05) is 24.3 Å².